The zero-order valence-electron chi connectivity index (χ0n) is 24.2. The molecule has 0 radical (unpaired) electrons. The predicted octanol–water partition coefficient (Wildman–Crippen LogP) is 6.46. The highest BCUT2D eigenvalue weighted by molar-refractivity contribution is 5.61. The summed E-state index contributed by atoms with van der Waals surface area (Å²) in [6, 6.07) is 13.0. The molecule has 2 aromatic carbocycles. The van der Waals surface area contributed by atoms with Gasteiger partial charge in [0.2, 0.25) is 0 Å². The summed E-state index contributed by atoms with van der Waals surface area (Å²) in [6.45, 7) is 12.4. The van der Waals surface area contributed by atoms with Crippen LogP contribution >= 0.6 is 0 Å². The van der Waals surface area contributed by atoms with Crippen LogP contribution in [0.3, 0.4) is 0 Å². The van der Waals surface area contributed by atoms with Gasteiger partial charge in [-0.15, -0.1) is 0 Å². The third-order valence-electron chi connectivity index (χ3n) is 8.82. The van der Waals surface area contributed by atoms with Crippen LogP contribution < -0.4 is 0 Å². The van der Waals surface area contributed by atoms with E-state index in [1.807, 2.05) is 4.68 Å². The van der Waals surface area contributed by atoms with Crippen molar-refractivity contribution in [2.75, 3.05) is 26.7 Å². The van der Waals surface area contributed by atoms with Gasteiger partial charge in [0.15, 0.2) is 11.6 Å². The Morgan fingerprint density at radius 3 is 2.17 bits per heavy atom. The van der Waals surface area contributed by atoms with E-state index in [0.29, 0.717) is 24.2 Å². The molecule has 6 nitrogen and oxygen atoms in total. The molecule has 0 N–H and O–H groups in total. The van der Waals surface area contributed by atoms with Crippen molar-refractivity contribution >= 4 is 0 Å². The maximum atomic E-state index is 13.7. The van der Waals surface area contributed by atoms with E-state index in [1.165, 1.54) is 35.5 Å². The van der Waals surface area contributed by atoms with Crippen LogP contribution in [0.25, 0.3) is 22.8 Å². The van der Waals surface area contributed by atoms with Gasteiger partial charge >= 0.3 is 0 Å². The van der Waals surface area contributed by atoms with Crippen LogP contribution in [0, 0.1) is 11.6 Å². The number of likely N-dealkylation sites (N-methyl/N-ethyl adjacent to an activating group) is 1. The normalized spacial score (nSPS) is 18.8. The molecule has 0 spiro atoms. The predicted molar refractivity (Wildman–Crippen MR) is 158 cm³/mol. The molecule has 8 heteroatoms. The topological polar surface area (TPSA) is 40.4 Å². The molecule has 1 aromatic heterocycles. The molecule has 2 fully saturated rings. The van der Waals surface area contributed by atoms with Gasteiger partial charge in [0.1, 0.15) is 17.5 Å². The number of halogens is 2. The Hall–Kier alpha value is -3.78. The van der Waals surface area contributed by atoms with Crippen LogP contribution in [-0.4, -0.2) is 67.7 Å². The van der Waals surface area contributed by atoms with Crippen LogP contribution in [-0.2, 0) is 6.54 Å². The van der Waals surface area contributed by atoms with Gasteiger partial charge in [-0.1, -0.05) is 18.7 Å². The van der Waals surface area contributed by atoms with E-state index in [4.69, 9.17) is 10.1 Å². The smallest absolute Gasteiger partial charge is 0.181 e. The molecule has 2 saturated heterocycles. The number of likely N-dealkylation sites (tertiary alicyclic amines) is 1. The van der Waals surface area contributed by atoms with Crippen molar-refractivity contribution < 1.29 is 8.78 Å². The van der Waals surface area contributed by atoms with Gasteiger partial charge in [0, 0.05) is 55.1 Å². The summed E-state index contributed by atoms with van der Waals surface area (Å²) in [5.74, 6) is 1.69. The molecule has 1 aliphatic carbocycles. The third-order valence-corrected chi connectivity index (χ3v) is 8.82. The van der Waals surface area contributed by atoms with E-state index < -0.39 is 0 Å². The molecule has 6 rings (SSSR count). The minimum atomic E-state index is -0.302. The second-order valence-corrected chi connectivity index (χ2v) is 12.0. The monoisotopic (exact) mass is 556 g/mol. The molecular formula is C33H38F2N6. The number of benzene rings is 2. The Kier molecular flexibility index (Phi) is 7.28. The zero-order valence-corrected chi connectivity index (χ0v) is 24.2. The summed E-state index contributed by atoms with van der Waals surface area (Å²) >= 11 is 0. The molecule has 3 aromatic rings. The first kappa shape index (κ1) is 27.4. The lowest BCUT2D eigenvalue weighted by atomic mass is 9.93. The van der Waals surface area contributed by atoms with E-state index in [0.717, 1.165) is 62.3 Å². The Bertz CT molecular complexity index is 1480. The maximum absolute atomic E-state index is 13.7. The Balaban J connectivity index is 1.19. The van der Waals surface area contributed by atoms with E-state index in [9.17, 15) is 8.78 Å². The van der Waals surface area contributed by atoms with Crippen LogP contribution in [0.1, 0.15) is 39.5 Å². The van der Waals surface area contributed by atoms with Crippen LogP contribution in [0.5, 0.6) is 0 Å². The first-order chi connectivity index (χ1) is 19.7. The molecule has 3 heterocycles. The van der Waals surface area contributed by atoms with Crippen molar-refractivity contribution in [3.05, 3.63) is 96.0 Å². The van der Waals surface area contributed by atoms with E-state index in [-0.39, 0.29) is 17.2 Å². The maximum Gasteiger partial charge on any atom is 0.181 e. The van der Waals surface area contributed by atoms with Gasteiger partial charge in [-0.25, -0.2) is 18.4 Å². The number of hydrogen-bond donors (Lipinski definition) is 0. The molecule has 2 aliphatic heterocycles. The highest BCUT2D eigenvalue weighted by Crippen LogP contribution is 2.36. The molecule has 41 heavy (non-hydrogen) atoms. The van der Waals surface area contributed by atoms with E-state index in [1.54, 1.807) is 24.3 Å². The van der Waals surface area contributed by atoms with Gasteiger partial charge in [-0.2, -0.15) is 5.10 Å². The second kappa shape index (κ2) is 10.9. The van der Waals surface area contributed by atoms with Crippen LogP contribution in [0.15, 0.2) is 84.4 Å². The average molecular weight is 557 g/mol. The molecule has 3 aliphatic rings. The first-order valence-electron chi connectivity index (χ1n) is 14.5. The number of fused-ring (bicyclic) bond motifs is 1. The zero-order chi connectivity index (χ0) is 28.7. The van der Waals surface area contributed by atoms with Gasteiger partial charge in [0.05, 0.1) is 6.54 Å². The van der Waals surface area contributed by atoms with Gasteiger partial charge in [0.25, 0.3) is 0 Å². The highest BCUT2D eigenvalue weighted by Gasteiger charge is 2.37. The van der Waals surface area contributed by atoms with Crippen molar-refractivity contribution in [1.82, 2.24) is 29.5 Å². The van der Waals surface area contributed by atoms with Crippen molar-refractivity contribution in [1.29, 1.82) is 0 Å². The lowest BCUT2D eigenvalue weighted by Gasteiger charge is -2.50. The molecule has 0 amide bonds. The SMILES string of the molecule is C=C1N(C)C2=CCCC=C2CN1C1CCN(C(C)(C)Cn2nc(-c3ccc(F)cc3)nc2-c2ccc(F)cc2)CC1. The fraction of sp³-hybridized carbons (Fsp3) is 0.394. The quantitative estimate of drug-likeness (QED) is 0.349. The minimum absolute atomic E-state index is 0.203. The Morgan fingerprint density at radius 1 is 0.902 bits per heavy atom. The molecule has 0 unspecified atom stereocenters. The summed E-state index contributed by atoms with van der Waals surface area (Å²) in [5, 5.41) is 4.86. The standard InChI is InChI=1S/C33H38F2N6/c1-23-38(4)30-8-6-5-7-26(30)21-40(23)29-17-19-39(20-18-29)33(2,3)22-41-32(25-11-15-28(35)16-12-25)36-31(37-41)24-9-13-27(34)14-10-24/h7-16,29H,1,5-6,17-22H2,2-4H3. The third kappa shape index (κ3) is 5.45. The first-order valence-corrected chi connectivity index (χ1v) is 14.5. The Morgan fingerprint density at radius 2 is 1.51 bits per heavy atom. The fourth-order valence-electron chi connectivity index (χ4n) is 6.39. The average Bonchev–Trinajstić information content (AvgIpc) is 3.38. The molecule has 214 valence electrons. The summed E-state index contributed by atoms with van der Waals surface area (Å²) < 4.78 is 29.2. The number of aromatic nitrogens is 3. The number of nitrogens with zero attached hydrogens (tertiary/aromatic N) is 6. The summed E-state index contributed by atoms with van der Waals surface area (Å²) in [4.78, 5) is 12.1. The Labute approximate surface area is 241 Å². The number of piperidine rings is 1. The summed E-state index contributed by atoms with van der Waals surface area (Å²) in [5.41, 5.74) is 4.07. The largest absolute Gasteiger partial charge is 0.351 e. The fourth-order valence-corrected chi connectivity index (χ4v) is 6.39. The molecule has 0 saturated carbocycles. The van der Waals surface area contributed by atoms with Crippen molar-refractivity contribution in [3.8, 4) is 22.8 Å². The van der Waals surface area contributed by atoms with Gasteiger partial charge in [-0.3, -0.25) is 4.90 Å². The van der Waals surface area contributed by atoms with Crippen LogP contribution in [0.2, 0.25) is 0 Å². The number of rotatable bonds is 6. The number of allylic oxidation sites excluding steroid dienone is 2. The van der Waals surface area contributed by atoms with Crippen molar-refractivity contribution in [3.63, 3.8) is 0 Å². The van der Waals surface area contributed by atoms with E-state index in [2.05, 4.69) is 54.3 Å². The van der Waals surface area contributed by atoms with Crippen molar-refractivity contribution in [2.24, 2.45) is 0 Å². The summed E-state index contributed by atoms with van der Waals surface area (Å²) in [7, 11) is 2.13. The van der Waals surface area contributed by atoms with Gasteiger partial charge in [-0.05, 0) is 93.6 Å². The lowest BCUT2D eigenvalue weighted by molar-refractivity contribution is 0.0401. The van der Waals surface area contributed by atoms with E-state index >= 15 is 0 Å². The lowest BCUT2D eigenvalue weighted by Crippen LogP contribution is -2.55. The van der Waals surface area contributed by atoms with Crippen molar-refractivity contribution in [2.45, 2.75) is 57.7 Å². The number of hydrogen-bond acceptors (Lipinski definition) is 5. The van der Waals surface area contributed by atoms with Crippen LogP contribution in [0.4, 0.5) is 8.78 Å². The minimum Gasteiger partial charge on any atom is -0.351 e. The highest BCUT2D eigenvalue weighted by atomic mass is 19.1. The van der Waals surface area contributed by atoms with Gasteiger partial charge < -0.3 is 9.80 Å². The molecule has 0 bridgehead atoms. The summed E-state index contributed by atoms with van der Waals surface area (Å²) in [6.07, 6.45) is 9.07. The second-order valence-electron chi connectivity index (χ2n) is 12.0. The molecule has 0 atom stereocenters. The molecular weight excluding hydrogens is 518 g/mol.